The number of aromatic hydroxyl groups is 1. The summed E-state index contributed by atoms with van der Waals surface area (Å²) in [6.45, 7) is 2.72. The summed E-state index contributed by atoms with van der Waals surface area (Å²) in [6, 6.07) is 5.34. The molecule has 1 amide bonds. The zero-order valence-electron chi connectivity index (χ0n) is 11.1. The average Bonchev–Trinajstić information content (AvgIpc) is 2.87. The average molecular weight is 327 g/mol. The first-order chi connectivity index (χ1) is 9.06. The fraction of sp³-hybridized carbons (Fsp3) is 0.500. The van der Waals surface area contributed by atoms with Crippen molar-refractivity contribution >= 4 is 21.8 Å². The monoisotopic (exact) mass is 326 g/mol. The van der Waals surface area contributed by atoms with E-state index >= 15 is 0 Å². The van der Waals surface area contributed by atoms with Gasteiger partial charge in [-0.25, -0.2) is 0 Å². The van der Waals surface area contributed by atoms with Crippen molar-refractivity contribution < 1.29 is 9.90 Å². The molecule has 1 aromatic rings. The predicted octanol–water partition coefficient (Wildman–Crippen LogP) is 2.21. The third-order valence-electron chi connectivity index (χ3n) is 3.35. The smallest absolute Gasteiger partial charge is 0.236 e. The van der Waals surface area contributed by atoms with Crippen molar-refractivity contribution in [1.82, 2.24) is 9.80 Å². The van der Waals surface area contributed by atoms with Crippen LogP contribution < -0.4 is 0 Å². The summed E-state index contributed by atoms with van der Waals surface area (Å²) in [5, 5.41) is 9.79. The third-order valence-corrected chi connectivity index (χ3v) is 3.84. The van der Waals surface area contributed by atoms with Crippen LogP contribution in [0, 0.1) is 0 Å². The highest BCUT2D eigenvalue weighted by atomic mass is 79.9. The first-order valence-corrected chi connectivity index (χ1v) is 7.29. The topological polar surface area (TPSA) is 43.8 Å². The van der Waals surface area contributed by atoms with Crippen LogP contribution in [-0.4, -0.2) is 47.5 Å². The van der Waals surface area contributed by atoms with Crippen LogP contribution in [0.2, 0.25) is 0 Å². The van der Waals surface area contributed by atoms with Gasteiger partial charge in [0.25, 0.3) is 0 Å². The Morgan fingerprint density at radius 3 is 2.79 bits per heavy atom. The molecule has 1 aromatic carbocycles. The van der Waals surface area contributed by atoms with Gasteiger partial charge in [-0.1, -0.05) is 15.9 Å². The molecular weight excluding hydrogens is 308 g/mol. The second kappa shape index (κ2) is 6.39. The number of benzene rings is 1. The second-order valence-electron chi connectivity index (χ2n) is 5.03. The molecule has 4 nitrogen and oxygen atoms in total. The summed E-state index contributed by atoms with van der Waals surface area (Å²) < 4.78 is 0.930. The van der Waals surface area contributed by atoms with E-state index in [0.717, 1.165) is 36.0 Å². The van der Waals surface area contributed by atoms with E-state index < -0.39 is 0 Å². The number of phenolic OH excluding ortho intramolecular Hbond substituents is 1. The van der Waals surface area contributed by atoms with Crippen LogP contribution in [0.1, 0.15) is 18.4 Å². The van der Waals surface area contributed by atoms with Gasteiger partial charge in [-0.05, 0) is 38.1 Å². The summed E-state index contributed by atoms with van der Waals surface area (Å²) in [5.41, 5.74) is 0.825. The Kier molecular flexibility index (Phi) is 4.82. The van der Waals surface area contributed by atoms with Gasteiger partial charge in [-0.15, -0.1) is 0 Å². The maximum atomic E-state index is 12.0. The molecule has 1 saturated heterocycles. The number of halogens is 1. The molecule has 104 valence electrons. The first-order valence-electron chi connectivity index (χ1n) is 6.50. The van der Waals surface area contributed by atoms with Crippen molar-refractivity contribution in [3.63, 3.8) is 0 Å². The number of carbonyl (C=O) groups is 1. The van der Waals surface area contributed by atoms with E-state index in [9.17, 15) is 9.90 Å². The lowest BCUT2D eigenvalue weighted by atomic mass is 10.2. The lowest BCUT2D eigenvalue weighted by Gasteiger charge is -2.21. The Balaban J connectivity index is 1.91. The highest BCUT2D eigenvalue weighted by molar-refractivity contribution is 9.10. The molecule has 0 atom stereocenters. The molecule has 1 N–H and O–H groups in total. The molecule has 1 heterocycles. The number of likely N-dealkylation sites (N-methyl/N-ethyl adjacent to an activating group) is 1. The Morgan fingerprint density at radius 2 is 2.11 bits per heavy atom. The number of hydrogen-bond donors (Lipinski definition) is 1. The van der Waals surface area contributed by atoms with E-state index in [4.69, 9.17) is 0 Å². The van der Waals surface area contributed by atoms with E-state index in [1.807, 2.05) is 22.9 Å². The quantitative estimate of drug-likeness (QED) is 0.922. The zero-order valence-corrected chi connectivity index (χ0v) is 12.7. The number of nitrogens with zero attached hydrogens (tertiary/aromatic N) is 2. The van der Waals surface area contributed by atoms with E-state index in [1.54, 1.807) is 12.1 Å². The molecule has 2 rings (SSSR count). The minimum atomic E-state index is 0.175. The summed E-state index contributed by atoms with van der Waals surface area (Å²) in [4.78, 5) is 15.9. The van der Waals surface area contributed by atoms with Gasteiger partial charge < -0.3 is 10.0 Å². The van der Waals surface area contributed by atoms with Gasteiger partial charge >= 0.3 is 0 Å². The highest BCUT2D eigenvalue weighted by Crippen LogP contribution is 2.23. The highest BCUT2D eigenvalue weighted by Gasteiger charge is 2.19. The SMILES string of the molecule is CN(CC(=O)N1CCCC1)Cc1cc(Br)ccc1O. The fourth-order valence-electron chi connectivity index (χ4n) is 2.32. The molecule has 0 spiro atoms. The van der Waals surface area contributed by atoms with E-state index in [2.05, 4.69) is 15.9 Å². The second-order valence-corrected chi connectivity index (χ2v) is 5.95. The molecule has 1 aliphatic rings. The minimum absolute atomic E-state index is 0.175. The van der Waals surface area contributed by atoms with Crippen LogP contribution in [0.3, 0.4) is 0 Å². The molecule has 0 saturated carbocycles. The molecule has 5 heteroatoms. The molecular formula is C14H19BrN2O2. The Bertz CT molecular complexity index is 459. The standard InChI is InChI=1S/C14H19BrN2O2/c1-16(10-14(19)17-6-2-3-7-17)9-11-8-12(15)4-5-13(11)18/h4-5,8,18H,2-3,6-7,9-10H2,1H3. The number of hydrogen-bond acceptors (Lipinski definition) is 3. The van der Waals surface area contributed by atoms with Crippen molar-refractivity contribution in [3.05, 3.63) is 28.2 Å². The maximum Gasteiger partial charge on any atom is 0.236 e. The number of phenols is 1. The Morgan fingerprint density at radius 1 is 1.42 bits per heavy atom. The van der Waals surface area contributed by atoms with Crippen LogP contribution in [-0.2, 0) is 11.3 Å². The third kappa shape index (κ3) is 3.94. The van der Waals surface area contributed by atoms with Crippen molar-refractivity contribution in [3.8, 4) is 5.75 Å². The number of likely N-dealkylation sites (tertiary alicyclic amines) is 1. The van der Waals surface area contributed by atoms with Crippen LogP contribution in [0.4, 0.5) is 0 Å². The van der Waals surface area contributed by atoms with Gasteiger partial charge in [0.1, 0.15) is 5.75 Å². The van der Waals surface area contributed by atoms with Crippen molar-refractivity contribution in [1.29, 1.82) is 0 Å². The van der Waals surface area contributed by atoms with Gasteiger partial charge in [0.15, 0.2) is 0 Å². The van der Waals surface area contributed by atoms with Gasteiger partial charge in [0.05, 0.1) is 6.54 Å². The molecule has 0 bridgehead atoms. The van der Waals surface area contributed by atoms with Crippen molar-refractivity contribution in [2.24, 2.45) is 0 Å². The van der Waals surface area contributed by atoms with Gasteiger partial charge in [0.2, 0.25) is 5.91 Å². The molecule has 0 aliphatic carbocycles. The summed E-state index contributed by atoms with van der Waals surface area (Å²) in [6.07, 6.45) is 2.23. The Labute approximate surface area is 122 Å². The first kappa shape index (κ1) is 14.3. The van der Waals surface area contributed by atoms with Crippen molar-refractivity contribution in [2.45, 2.75) is 19.4 Å². The van der Waals surface area contributed by atoms with Crippen LogP contribution in [0.15, 0.2) is 22.7 Å². The summed E-state index contributed by atoms with van der Waals surface area (Å²) >= 11 is 3.39. The molecule has 19 heavy (non-hydrogen) atoms. The minimum Gasteiger partial charge on any atom is -0.508 e. The van der Waals surface area contributed by atoms with Crippen LogP contribution in [0.5, 0.6) is 5.75 Å². The predicted molar refractivity (Wildman–Crippen MR) is 78.0 cm³/mol. The molecule has 1 aliphatic heterocycles. The number of carbonyl (C=O) groups excluding carboxylic acids is 1. The largest absolute Gasteiger partial charge is 0.508 e. The molecule has 0 aromatic heterocycles. The lowest BCUT2D eigenvalue weighted by Crippen LogP contribution is -2.36. The van der Waals surface area contributed by atoms with Gasteiger partial charge in [0, 0.05) is 29.7 Å². The fourth-order valence-corrected chi connectivity index (χ4v) is 2.73. The summed E-state index contributed by atoms with van der Waals surface area (Å²) in [7, 11) is 1.90. The lowest BCUT2D eigenvalue weighted by molar-refractivity contribution is -0.131. The van der Waals surface area contributed by atoms with Crippen LogP contribution >= 0.6 is 15.9 Å². The zero-order chi connectivity index (χ0) is 13.8. The van der Waals surface area contributed by atoms with Crippen molar-refractivity contribution in [2.75, 3.05) is 26.7 Å². The van der Waals surface area contributed by atoms with E-state index in [1.165, 1.54) is 0 Å². The van der Waals surface area contributed by atoms with Gasteiger partial charge in [-0.3, -0.25) is 9.69 Å². The number of rotatable bonds is 4. The normalized spacial score (nSPS) is 15.2. The molecule has 0 unspecified atom stereocenters. The maximum absolute atomic E-state index is 12.0. The Hall–Kier alpha value is -1.07. The number of amides is 1. The van der Waals surface area contributed by atoms with Crippen LogP contribution in [0.25, 0.3) is 0 Å². The summed E-state index contributed by atoms with van der Waals surface area (Å²) in [5.74, 6) is 0.443. The van der Waals surface area contributed by atoms with E-state index in [0.29, 0.717) is 13.1 Å². The molecule has 1 fully saturated rings. The van der Waals surface area contributed by atoms with E-state index in [-0.39, 0.29) is 11.7 Å². The molecule has 0 radical (unpaired) electrons. The van der Waals surface area contributed by atoms with Gasteiger partial charge in [-0.2, -0.15) is 0 Å².